The Morgan fingerprint density at radius 2 is 1.81 bits per heavy atom. The third-order valence-corrected chi connectivity index (χ3v) is 6.69. The second-order valence-corrected chi connectivity index (χ2v) is 8.83. The molecule has 2 aromatic rings. The van der Waals surface area contributed by atoms with Crippen LogP contribution in [-0.4, -0.2) is 18.0 Å². The summed E-state index contributed by atoms with van der Waals surface area (Å²) in [7, 11) is 0. The van der Waals surface area contributed by atoms with Crippen molar-refractivity contribution < 1.29 is 0 Å². The van der Waals surface area contributed by atoms with E-state index in [1.807, 2.05) is 48.5 Å². The number of benzene rings is 2. The highest BCUT2D eigenvalue weighted by Gasteiger charge is 2.54. The SMILES string of the molecule is N#CC1=C(N)C(C#N)(C#N)[C@H](c2cccc(Br)c2)[C@@H]2CN(Cc3ccccc3)CC=C12. The highest BCUT2D eigenvalue weighted by Crippen LogP contribution is 2.54. The van der Waals surface area contributed by atoms with Gasteiger partial charge >= 0.3 is 0 Å². The summed E-state index contributed by atoms with van der Waals surface area (Å²) in [5.41, 5.74) is 7.99. The summed E-state index contributed by atoms with van der Waals surface area (Å²) >= 11 is 3.51. The lowest BCUT2D eigenvalue weighted by Crippen LogP contribution is -2.47. The number of allylic oxidation sites excluding steroid dienone is 2. The van der Waals surface area contributed by atoms with Gasteiger partial charge in [0.15, 0.2) is 5.41 Å². The van der Waals surface area contributed by atoms with Crippen LogP contribution in [-0.2, 0) is 6.54 Å². The molecule has 2 aromatic carbocycles. The molecular formula is C25H20BrN5. The molecule has 0 saturated carbocycles. The Morgan fingerprint density at radius 1 is 1.06 bits per heavy atom. The van der Waals surface area contributed by atoms with E-state index in [-0.39, 0.29) is 17.2 Å². The molecule has 0 unspecified atom stereocenters. The van der Waals surface area contributed by atoms with Crippen molar-refractivity contribution in [3.63, 3.8) is 0 Å². The van der Waals surface area contributed by atoms with E-state index in [1.54, 1.807) is 0 Å². The van der Waals surface area contributed by atoms with Gasteiger partial charge in [0, 0.05) is 35.9 Å². The molecule has 6 heteroatoms. The van der Waals surface area contributed by atoms with E-state index in [1.165, 1.54) is 5.56 Å². The molecule has 1 aliphatic heterocycles. The number of hydrogen-bond acceptors (Lipinski definition) is 5. The Kier molecular flexibility index (Phi) is 5.66. The molecule has 31 heavy (non-hydrogen) atoms. The zero-order chi connectivity index (χ0) is 22.0. The number of nitriles is 3. The van der Waals surface area contributed by atoms with Crippen LogP contribution in [0.3, 0.4) is 0 Å². The van der Waals surface area contributed by atoms with Crippen LogP contribution in [0.2, 0.25) is 0 Å². The van der Waals surface area contributed by atoms with Gasteiger partial charge in [-0.05, 0) is 28.8 Å². The fourth-order valence-corrected chi connectivity index (χ4v) is 5.20. The number of fused-ring (bicyclic) bond motifs is 1. The maximum atomic E-state index is 10.2. The highest BCUT2D eigenvalue weighted by molar-refractivity contribution is 9.10. The van der Waals surface area contributed by atoms with E-state index in [4.69, 9.17) is 5.73 Å². The van der Waals surface area contributed by atoms with E-state index in [0.717, 1.165) is 22.2 Å². The number of hydrogen-bond donors (Lipinski definition) is 1. The van der Waals surface area contributed by atoms with Crippen LogP contribution in [0.15, 0.2) is 82.0 Å². The average Bonchev–Trinajstić information content (AvgIpc) is 2.79. The molecule has 2 atom stereocenters. The minimum atomic E-state index is -1.61. The van der Waals surface area contributed by atoms with Crippen molar-refractivity contribution in [2.75, 3.05) is 13.1 Å². The fraction of sp³-hybridized carbons (Fsp3) is 0.240. The molecule has 4 rings (SSSR count). The maximum absolute atomic E-state index is 10.2. The van der Waals surface area contributed by atoms with E-state index in [9.17, 15) is 15.8 Å². The summed E-state index contributed by atoms with van der Waals surface area (Å²) in [6, 6.07) is 24.4. The smallest absolute Gasteiger partial charge is 0.191 e. The molecule has 1 heterocycles. The number of nitrogens with two attached hydrogens (primary N) is 1. The van der Waals surface area contributed by atoms with Crippen molar-refractivity contribution >= 4 is 15.9 Å². The van der Waals surface area contributed by atoms with Crippen molar-refractivity contribution in [3.8, 4) is 18.2 Å². The third kappa shape index (κ3) is 3.53. The first kappa shape index (κ1) is 20.9. The second kappa shape index (κ2) is 8.40. The van der Waals surface area contributed by atoms with Gasteiger partial charge < -0.3 is 5.73 Å². The van der Waals surface area contributed by atoms with Crippen LogP contribution in [0.25, 0.3) is 0 Å². The Balaban J connectivity index is 1.85. The van der Waals surface area contributed by atoms with Gasteiger partial charge in [-0.15, -0.1) is 0 Å². The number of rotatable bonds is 3. The molecule has 5 nitrogen and oxygen atoms in total. The minimum Gasteiger partial charge on any atom is -0.399 e. The van der Waals surface area contributed by atoms with E-state index in [2.05, 4.69) is 51.2 Å². The molecule has 152 valence electrons. The van der Waals surface area contributed by atoms with Gasteiger partial charge in [-0.1, -0.05) is 64.5 Å². The van der Waals surface area contributed by atoms with Crippen LogP contribution in [0.4, 0.5) is 0 Å². The Labute approximate surface area is 190 Å². The summed E-state index contributed by atoms with van der Waals surface area (Å²) in [5.74, 6) is -0.685. The molecule has 0 bridgehead atoms. The predicted octanol–water partition coefficient (Wildman–Crippen LogP) is 4.37. The van der Waals surface area contributed by atoms with Gasteiger partial charge in [0.25, 0.3) is 0 Å². The molecule has 0 aromatic heterocycles. The van der Waals surface area contributed by atoms with E-state index >= 15 is 0 Å². The van der Waals surface area contributed by atoms with Crippen LogP contribution < -0.4 is 5.73 Å². The first-order valence-corrected chi connectivity index (χ1v) is 10.8. The maximum Gasteiger partial charge on any atom is 0.191 e. The van der Waals surface area contributed by atoms with Crippen LogP contribution in [0.5, 0.6) is 0 Å². The Morgan fingerprint density at radius 3 is 2.45 bits per heavy atom. The molecule has 1 aliphatic carbocycles. The normalized spacial score (nSPS) is 22.5. The van der Waals surface area contributed by atoms with Crippen molar-refractivity contribution in [1.29, 1.82) is 15.8 Å². The van der Waals surface area contributed by atoms with Crippen molar-refractivity contribution in [3.05, 3.63) is 93.1 Å². The first-order chi connectivity index (χ1) is 15.0. The fourth-order valence-electron chi connectivity index (χ4n) is 4.79. The van der Waals surface area contributed by atoms with E-state index < -0.39 is 11.3 Å². The second-order valence-electron chi connectivity index (χ2n) is 7.91. The molecule has 2 N–H and O–H groups in total. The molecule has 0 saturated heterocycles. The minimum absolute atomic E-state index is 0.0592. The topological polar surface area (TPSA) is 101 Å². The first-order valence-electron chi connectivity index (χ1n) is 9.99. The standard InChI is InChI=1S/C25H20BrN5/c26-19-8-4-7-18(11-19)23-22-14-31(13-17-5-2-1-3-6-17)10-9-20(22)21(12-27)24(30)25(23,15-28)16-29/h1-9,11,22-23H,10,13-14,30H2/t22-,23-/m1/s1. The van der Waals surface area contributed by atoms with Crippen LogP contribution in [0.1, 0.15) is 17.0 Å². The highest BCUT2D eigenvalue weighted by atomic mass is 79.9. The lowest BCUT2D eigenvalue weighted by molar-refractivity contribution is 0.201. The van der Waals surface area contributed by atoms with Gasteiger partial charge in [-0.25, -0.2) is 0 Å². The zero-order valence-electron chi connectivity index (χ0n) is 16.8. The summed E-state index contributed by atoms with van der Waals surface area (Å²) in [6.45, 7) is 2.05. The summed E-state index contributed by atoms with van der Waals surface area (Å²) in [6.07, 6.45) is 2.03. The van der Waals surface area contributed by atoms with Crippen LogP contribution >= 0.6 is 15.9 Å². The quantitative estimate of drug-likeness (QED) is 0.718. The van der Waals surface area contributed by atoms with Crippen molar-refractivity contribution in [2.24, 2.45) is 17.1 Å². The molecular weight excluding hydrogens is 450 g/mol. The van der Waals surface area contributed by atoms with Crippen molar-refractivity contribution in [1.82, 2.24) is 4.90 Å². The zero-order valence-corrected chi connectivity index (χ0v) is 18.4. The lowest BCUT2D eigenvalue weighted by Gasteiger charge is -2.45. The van der Waals surface area contributed by atoms with Gasteiger partial charge in [0.2, 0.25) is 0 Å². The monoisotopic (exact) mass is 469 g/mol. The summed E-state index contributed by atoms with van der Waals surface area (Å²) < 4.78 is 0.867. The predicted molar refractivity (Wildman–Crippen MR) is 121 cm³/mol. The van der Waals surface area contributed by atoms with Gasteiger partial charge in [-0.3, -0.25) is 4.90 Å². The molecule has 0 fully saturated rings. The lowest BCUT2D eigenvalue weighted by atomic mass is 9.58. The van der Waals surface area contributed by atoms with Crippen LogP contribution in [0, 0.1) is 45.3 Å². The van der Waals surface area contributed by atoms with Gasteiger partial charge in [-0.2, -0.15) is 15.8 Å². The number of nitrogens with zero attached hydrogens (tertiary/aromatic N) is 4. The summed E-state index contributed by atoms with van der Waals surface area (Å²) in [5, 5.41) is 30.2. The van der Waals surface area contributed by atoms with Gasteiger partial charge in [0.1, 0.15) is 6.07 Å². The van der Waals surface area contributed by atoms with Crippen molar-refractivity contribution in [2.45, 2.75) is 12.5 Å². The molecule has 2 aliphatic rings. The van der Waals surface area contributed by atoms with E-state index in [0.29, 0.717) is 13.1 Å². The third-order valence-electron chi connectivity index (χ3n) is 6.20. The molecule has 0 amide bonds. The Hall–Kier alpha value is -3.37. The Bertz CT molecular complexity index is 1180. The molecule has 0 spiro atoms. The number of halogens is 1. The van der Waals surface area contributed by atoms with Gasteiger partial charge in [0.05, 0.1) is 23.4 Å². The molecule has 0 radical (unpaired) electrons. The summed E-state index contributed by atoms with van der Waals surface area (Å²) in [4.78, 5) is 2.28. The largest absolute Gasteiger partial charge is 0.399 e. The average molecular weight is 470 g/mol.